The minimum absolute atomic E-state index is 0.262. The Bertz CT molecular complexity index is 480. The van der Waals surface area contributed by atoms with Gasteiger partial charge in [0, 0.05) is 0 Å². The molecule has 1 aromatic rings. The predicted octanol–water partition coefficient (Wildman–Crippen LogP) is -2.00. The van der Waals surface area contributed by atoms with Gasteiger partial charge in [0.1, 0.15) is 24.5 Å². The van der Waals surface area contributed by atoms with Gasteiger partial charge in [0.2, 0.25) is 6.23 Å². The molecule has 2 heterocycles. The molecule has 18 heavy (non-hydrogen) atoms. The number of aromatic amines is 1. The van der Waals surface area contributed by atoms with Gasteiger partial charge in [-0.25, -0.2) is 9.78 Å². The van der Waals surface area contributed by atoms with E-state index in [0.717, 1.165) is 0 Å². The standard InChI is InChI=1S/C10H14N2O5S/c1-18-10-11-6(14)2-3-12(10)9-8(16)7(15)5(4-13)17-9/h2-3,5,7-9,13,15-16H,4H2,1H3/p+1/t5-,7-,8-,9-/m1/s1. The number of nitrogens with one attached hydrogen (secondary N) is 1. The molecule has 0 spiro atoms. The minimum atomic E-state index is -1.16. The number of ether oxygens (including phenoxy) is 1. The van der Waals surface area contributed by atoms with Gasteiger partial charge in [0.15, 0.2) is 0 Å². The van der Waals surface area contributed by atoms with E-state index >= 15 is 0 Å². The molecule has 1 fully saturated rings. The summed E-state index contributed by atoms with van der Waals surface area (Å²) in [5.41, 5.74) is -0.262. The fourth-order valence-electron chi connectivity index (χ4n) is 1.89. The summed E-state index contributed by atoms with van der Waals surface area (Å²) in [5, 5.41) is 29.1. The van der Waals surface area contributed by atoms with Gasteiger partial charge in [0.05, 0.1) is 12.7 Å². The van der Waals surface area contributed by atoms with Crippen LogP contribution in [0.5, 0.6) is 0 Å². The minimum Gasteiger partial charge on any atom is -0.394 e. The van der Waals surface area contributed by atoms with Crippen molar-refractivity contribution < 1.29 is 24.6 Å². The zero-order chi connectivity index (χ0) is 13.3. The van der Waals surface area contributed by atoms with Crippen LogP contribution in [0.15, 0.2) is 22.2 Å². The van der Waals surface area contributed by atoms with Gasteiger partial charge in [-0.05, 0) is 18.0 Å². The summed E-state index contributed by atoms with van der Waals surface area (Å²) in [4.78, 5) is 13.8. The van der Waals surface area contributed by atoms with Crippen molar-refractivity contribution >= 4 is 11.8 Å². The average Bonchev–Trinajstić information content (AvgIpc) is 2.66. The first-order chi connectivity index (χ1) is 8.58. The van der Waals surface area contributed by atoms with E-state index in [1.807, 2.05) is 0 Å². The van der Waals surface area contributed by atoms with E-state index in [1.54, 1.807) is 6.26 Å². The lowest BCUT2D eigenvalue weighted by Gasteiger charge is -2.14. The summed E-state index contributed by atoms with van der Waals surface area (Å²) in [6, 6.07) is 1.30. The Balaban J connectivity index is 2.35. The Kier molecular flexibility index (Phi) is 4.03. The van der Waals surface area contributed by atoms with Crippen LogP contribution in [0.25, 0.3) is 0 Å². The fourth-order valence-corrected chi connectivity index (χ4v) is 2.47. The molecule has 1 aliphatic heterocycles. The molecule has 0 aliphatic carbocycles. The third-order valence-corrected chi connectivity index (χ3v) is 3.54. The quantitative estimate of drug-likeness (QED) is 0.289. The van der Waals surface area contributed by atoms with E-state index in [4.69, 9.17) is 9.84 Å². The Morgan fingerprint density at radius 3 is 2.78 bits per heavy atom. The number of aliphatic hydroxyl groups excluding tert-OH is 3. The number of thioether (sulfide) groups is 1. The molecule has 7 nitrogen and oxygen atoms in total. The van der Waals surface area contributed by atoms with Gasteiger partial charge in [0.25, 0.3) is 0 Å². The van der Waals surface area contributed by atoms with Gasteiger partial charge in [-0.2, -0.15) is 4.57 Å². The van der Waals surface area contributed by atoms with E-state index < -0.39 is 24.5 Å². The third-order valence-electron chi connectivity index (χ3n) is 2.84. The Morgan fingerprint density at radius 2 is 2.22 bits per heavy atom. The van der Waals surface area contributed by atoms with Crippen molar-refractivity contribution in [3.63, 3.8) is 0 Å². The first-order valence-electron chi connectivity index (χ1n) is 5.39. The summed E-state index contributed by atoms with van der Waals surface area (Å²) < 4.78 is 6.90. The lowest BCUT2D eigenvalue weighted by atomic mass is 10.1. The smallest absolute Gasteiger partial charge is 0.335 e. The van der Waals surface area contributed by atoms with E-state index in [1.165, 1.54) is 28.6 Å². The number of aromatic nitrogens is 2. The molecule has 4 N–H and O–H groups in total. The molecule has 8 heteroatoms. The summed E-state index contributed by atoms with van der Waals surface area (Å²) in [5.74, 6) is 0. The van der Waals surface area contributed by atoms with Gasteiger partial charge in [-0.1, -0.05) is 0 Å². The highest BCUT2D eigenvalue weighted by atomic mass is 32.2. The number of H-pyrrole nitrogens is 1. The molecule has 0 amide bonds. The van der Waals surface area contributed by atoms with Crippen LogP contribution in [0.3, 0.4) is 0 Å². The second kappa shape index (κ2) is 5.37. The van der Waals surface area contributed by atoms with E-state index in [2.05, 4.69) is 4.98 Å². The Hall–Kier alpha value is -0.930. The van der Waals surface area contributed by atoms with Crippen molar-refractivity contribution in [1.29, 1.82) is 0 Å². The monoisotopic (exact) mass is 275 g/mol. The number of rotatable bonds is 3. The van der Waals surface area contributed by atoms with Crippen LogP contribution in [0.2, 0.25) is 0 Å². The number of hydrogen-bond acceptors (Lipinski definition) is 6. The summed E-state index contributed by atoms with van der Waals surface area (Å²) in [6.07, 6.45) is -0.748. The maximum Gasteiger partial charge on any atom is 0.335 e. The molecule has 1 aromatic heterocycles. The zero-order valence-corrected chi connectivity index (χ0v) is 10.5. The van der Waals surface area contributed by atoms with Crippen LogP contribution < -0.4 is 10.1 Å². The molecule has 0 radical (unpaired) electrons. The van der Waals surface area contributed by atoms with Gasteiger partial charge < -0.3 is 20.1 Å². The molecule has 0 saturated carbocycles. The fraction of sp³-hybridized carbons (Fsp3) is 0.600. The van der Waals surface area contributed by atoms with Crippen LogP contribution in [0.1, 0.15) is 6.23 Å². The maximum atomic E-state index is 11.2. The van der Waals surface area contributed by atoms with Crippen molar-refractivity contribution in [3.8, 4) is 0 Å². The number of aliphatic hydroxyl groups is 3. The second-order valence-corrected chi connectivity index (χ2v) is 4.75. The Labute approximate surface area is 107 Å². The largest absolute Gasteiger partial charge is 0.394 e. The normalized spacial score (nSPS) is 31.8. The predicted molar refractivity (Wildman–Crippen MR) is 62.0 cm³/mol. The van der Waals surface area contributed by atoms with Crippen LogP contribution >= 0.6 is 11.8 Å². The number of nitrogens with zero attached hydrogens (tertiary/aromatic N) is 1. The van der Waals surface area contributed by atoms with E-state index in [9.17, 15) is 15.0 Å². The summed E-state index contributed by atoms with van der Waals surface area (Å²) in [6.45, 7) is -0.382. The molecule has 0 bridgehead atoms. The summed E-state index contributed by atoms with van der Waals surface area (Å²) >= 11 is 1.28. The molecule has 1 saturated heterocycles. The summed E-state index contributed by atoms with van der Waals surface area (Å²) in [7, 11) is 0. The van der Waals surface area contributed by atoms with E-state index in [-0.39, 0.29) is 12.2 Å². The zero-order valence-electron chi connectivity index (χ0n) is 9.68. The highest BCUT2D eigenvalue weighted by Gasteiger charge is 2.46. The molecular weight excluding hydrogens is 260 g/mol. The maximum absolute atomic E-state index is 11.2. The van der Waals surface area contributed by atoms with Crippen LogP contribution in [0, 0.1) is 0 Å². The molecule has 0 aromatic carbocycles. The third kappa shape index (κ3) is 2.29. The molecular formula is C10H15N2O5S+. The first kappa shape index (κ1) is 13.5. The molecule has 0 unspecified atom stereocenters. The number of hydrogen-bond donors (Lipinski definition) is 4. The van der Waals surface area contributed by atoms with Gasteiger partial charge >= 0.3 is 10.7 Å². The highest BCUT2D eigenvalue weighted by Crippen LogP contribution is 2.26. The topological polar surface area (TPSA) is 107 Å². The van der Waals surface area contributed by atoms with Gasteiger partial charge in [-0.3, -0.25) is 0 Å². The van der Waals surface area contributed by atoms with Crippen molar-refractivity contribution in [2.24, 2.45) is 0 Å². The highest BCUT2D eigenvalue weighted by molar-refractivity contribution is 7.98. The lowest BCUT2D eigenvalue weighted by Crippen LogP contribution is -2.49. The molecule has 2 rings (SSSR count). The van der Waals surface area contributed by atoms with Crippen molar-refractivity contribution in [2.75, 3.05) is 12.9 Å². The second-order valence-electron chi connectivity index (χ2n) is 3.95. The molecule has 4 atom stereocenters. The Morgan fingerprint density at radius 1 is 1.50 bits per heavy atom. The van der Waals surface area contributed by atoms with Crippen molar-refractivity contribution in [1.82, 2.24) is 4.98 Å². The van der Waals surface area contributed by atoms with Crippen LogP contribution in [-0.4, -0.2) is 51.5 Å². The van der Waals surface area contributed by atoms with Crippen molar-refractivity contribution in [2.45, 2.75) is 29.7 Å². The van der Waals surface area contributed by atoms with E-state index in [0.29, 0.717) is 5.16 Å². The average molecular weight is 275 g/mol. The molecule has 1 aliphatic rings. The van der Waals surface area contributed by atoms with Crippen molar-refractivity contribution in [3.05, 3.63) is 22.6 Å². The van der Waals surface area contributed by atoms with Gasteiger partial charge in [-0.15, -0.1) is 0 Å². The SMILES string of the molecule is CSc1[nH]c(=O)cc[n+]1[C@@H]1O[C@H](CO)[C@@H](O)[C@H]1O. The lowest BCUT2D eigenvalue weighted by molar-refractivity contribution is -0.800. The van der Waals surface area contributed by atoms with Crippen LogP contribution in [0.4, 0.5) is 0 Å². The van der Waals surface area contributed by atoms with Crippen LogP contribution in [-0.2, 0) is 4.74 Å². The first-order valence-corrected chi connectivity index (χ1v) is 6.62. The molecule has 100 valence electrons.